The van der Waals surface area contributed by atoms with E-state index in [9.17, 15) is 0 Å². The average molecular weight is 199 g/mol. The summed E-state index contributed by atoms with van der Waals surface area (Å²) < 4.78 is 0. The highest BCUT2D eigenvalue weighted by Gasteiger charge is 2.06. The maximum atomic E-state index is 8.62. The Kier molecular flexibility index (Phi) is 4.42. The summed E-state index contributed by atoms with van der Waals surface area (Å²) in [6.07, 6.45) is 2.84. The zero-order chi connectivity index (χ0) is 9.68. The van der Waals surface area contributed by atoms with Crippen LogP contribution in [-0.4, -0.2) is 11.7 Å². The summed E-state index contributed by atoms with van der Waals surface area (Å²) in [6, 6.07) is 4.36. The van der Waals surface area contributed by atoms with Crippen LogP contribution in [-0.2, 0) is 0 Å². The summed E-state index contributed by atoms with van der Waals surface area (Å²) in [7, 11) is 0. The van der Waals surface area contributed by atoms with E-state index in [1.165, 1.54) is 9.75 Å². The van der Waals surface area contributed by atoms with Gasteiger partial charge in [0.2, 0.25) is 0 Å². The van der Waals surface area contributed by atoms with E-state index in [1.807, 2.05) is 0 Å². The third kappa shape index (κ3) is 3.46. The van der Waals surface area contributed by atoms with Gasteiger partial charge in [-0.25, -0.2) is 0 Å². The highest BCUT2D eigenvalue weighted by atomic mass is 32.1. The van der Waals surface area contributed by atoms with Crippen molar-refractivity contribution in [1.29, 1.82) is 0 Å². The van der Waals surface area contributed by atoms with Crippen LogP contribution in [0.4, 0.5) is 0 Å². The lowest BCUT2D eigenvalue weighted by Gasteiger charge is -2.07. The molecule has 0 fully saturated rings. The van der Waals surface area contributed by atoms with Crippen molar-refractivity contribution >= 4 is 11.3 Å². The zero-order valence-electron chi connectivity index (χ0n) is 7.99. The van der Waals surface area contributed by atoms with Crippen molar-refractivity contribution in [2.45, 2.75) is 32.2 Å². The summed E-state index contributed by atoms with van der Waals surface area (Å²) in [5, 5.41) is 8.62. The molecule has 0 saturated heterocycles. The maximum absolute atomic E-state index is 8.62. The average Bonchev–Trinajstić information content (AvgIpc) is 2.52. The van der Waals surface area contributed by atoms with Gasteiger partial charge in [-0.2, -0.15) is 0 Å². The molecule has 1 aromatic heterocycles. The van der Waals surface area contributed by atoms with Crippen LogP contribution in [0.3, 0.4) is 0 Å². The van der Waals surface area contributed by atoms with E-state index in [0.29, 0.717) is 0 Å². The van der Waals surface area contributed by atoms with Crippen LogP contribution >= 0.6 is 11.3 Å². The predicted molar refractivity (Wildman–Crippen MR) is 56.9 cm³/mol. The van der Waals surface area contributed by atoms with Crippen LogP contribution in [0.1, 0.15) is 35.1 Å². The van der Waals surface area contributed by atoms with E-state index in [2.05, 4.69) is 19.1 Å². The molecule has 2 nitrogen and oxygen atoms in total. The van der Waals surface area contributed by atoms with Crippen molar-refractivity contribution in [2.75, 3.05) is 6.61 Å². The Balaban J connectivity index is 2.35. The minimum Gasteiger partial charge on any atom is -0.396 e. The van der Waals surface area contributed by atoms with Gasteiger partial charge in [-0.05, 0) is 38.3 Å². The van der Waals surface area contributed by atoms with Gasteiger partial charge in [-0.15, -0.1) is 11.3 Å². The quantitative estimate of drug-likeness (QED) is 0.714. The van der Waals surface area contributed by atoms with Crippen molar-refractivity contribution in [3.63, 3.8) is 0 Å². The fourth-order valence-electron chi connectivity index (χ4n) is 1.27. The molecule has 0 spiro atoms. The van der Waals surface area contributed by atoms with Crippen molar-refractivity contribution < 1.29 is 5.11 Å². The highest BCUT2D eigenvalue weighted by Crippen LogP contribution is 2.24. The summed E-state index contributed by atoms with van der Waals surface area (Å²) in [5.74, 6) is 0. The number of hydrogen-bond donors (Lipinski definition) is 2. The second-order valence-electron chi connectivity index (χ2n) is 3.27. The lowest BCUT2D eigenvalue weighted by atomic mass is 10.1. The lowest BCUT2D eigenvalue weighted by Crippen LogP contribution is -2.08. The van der Waals surface area contributed by atoms with Gasteiger partial charge in [-0.3, -0.25) is 0 Å². The number of nitrogens with two attached hydrogens (primary N) is 1. The molecule has 0 saturated carbocycles. The largest absolute Gasteiger partial charge is 0.396 e. The minimum absolute atomic E-state index is 0.158. The van der Waals surface area contributed by atoms with Gasteiger partial charge in [-0.1, -0.05) is 0 Å². The molecule has 3 heteroatoms. The molecule has 0 aliphatic carbocycles. The number of thiophene rings is 1. The molecule has 0 amide bonds. The summed E-state index contributed by atoms with van der Waals surface area (Å²) >= 11 is 1.77. The molecule has 1 atom stereocenters. The Labute approximate surface area is 83.4 Å². The number of rotatable bonds is 5. The first kappa shape index (κ1) is 10.7. The second-order valence-corrected chi connectivity index (χ2v) is 4.59. The molecule has 13 heavy (non-hydrogen) atoms. The Morgan fingerprint density at radius 1 is 1.46 bits per heavy atom. The second kappa shape index (κ2) is 5.37. The van der Waals surface area contributed by atoms with Gasteiger partial charge in [0, 0.05) is 22.4 Å². The molecule has 1 heterocycles. The monoisotopic (exact) mass is 199 g/mol. The Hall–Kier alpha value is -0.380. The van der Waals surface area contributed by atoms with Crippen LogP contribution in [0.2, 0.25) is 0 Å². The van der Waals surface area contributed by atoms with E-state index < -0.39 is 0 Å². The molecule has 3 N–H and O–H groups in total. The number of aryl methyl sites for hydroxylation is 1. The smallest absolute Gasteiger partial charge is 0.0431 e. The molecule has 1 aromatic rings. The molecule has 0 aliphatic rings. The molecule has 74 valence electrons. The number of unbranched alkanes of at least 4 members (excludes halogenated alkanes) is 1. The molecule has 0 aliphatic heterocycles. The standard InChI is InChI=1S/C10H17NOS/c1-8-5-6-10(13-8)9(11)4-2-3-7-12/h5-6,9,12H,2-4,7,11H2,1H3/t9-/m1/s1. The Morgan fingerprint density at radius 2 is 2.23 bits per heavy atom. The Morgan fingerprint density at radius 3 is 2.77 bits per heavy atom. The molecule has 0 unspecified atom stereocenters. The Bertz CT molecular complexity index is 247. The van der Waals surface area contributed by atoms with Crippen LogP contribution < -0.4 is 5.73 Å². The molecular formula is C10H17NOS. The van der Waals surface area contributed by atoms with Crippen molar-refractivity contribution in [3.8, 4) is 0 Å². The van der Waals surface area contributed by atoms with Gasteiger partial charge < -0.3 is 10.8 Å². The van der Waals surface area contributed by atoms with E-state index in [0.717, 1.165) is 19.3 Å². The van der Waals surface area contributed by atoms with E-state index >= 15 is 0 Å². The van der Waals surface area contributed by atoms with E-state index in [1.54, 1.807) is 11.3 Å². The first-order valence-corrected chi connectivity index (χ1v) is 5.48. The fraction of sp³-hybridized carbons (Fsp3) is 0.600. The highest BCUT2D eigenvalue weighted by molar-refractivity contribution is 7.12. The van der Waals surface area contributed by atoms with Crippen molar-refractivity contribution in [2.24, 2.45) is 5.73 Å². The molecule has 1 rings (SSSR count). The summed E-state index contributed by atoms with van der Waals surface area (Å²) in [5.41, 5.74) is 5.98. The van der Waals surface area contributed by atoms with Gasteiger partial charge in [0.25, 0.3) is 0 Å². The van der Waals surface area contributed by atoms with Gasteiger partial charge >= 0.3 is 0 Å². The maximum Gasteiger partial charge on any atom is 0.0431 e. The first-order chi connectivity index (χ1) is 6.24. The molecule has 0 aromatic carbocycles. The zero-order valence-corrected chi connectivity index (χ0v) is 8.81. The van der Waals surface area contributed by atoms with E-state index in [-0.39, 0.29) is 12.6 Å². The normalized spacial score (nSPS) is 13.2. The van der Waals surface area contributed by atoms with Crippen LogP contribution in [0.25, 0.3) is 0 Å². The minimum atomic E-state index is 0.158. The van der Waals surface area contributed by atoms with Crippen molar-refractivity contribution in [3.05, 3.63) is 21.9 Å². The van der Waals surface area contributed by atoms with Gasteiger partial charge in [0.15, 0.2) is 0 Å². The summed E-state index contributed by atoms with van der Waals surface area (Å²) in [6.45, 7) is 2.37. The van der Waals surface area contributed by atoms with Crippen LogP contribution in [0.15, 0.2) is 12.1 Å². The van der Waals surface area contributed by atoms with Crippen LogP contribution in [0.5, 0.6) is 0 Å². The van der Waals surface area contributed by atoms with Gasteiger partial charge in [0.05, 0.1) is 0 Å². The van der Waals surface area contributed by atoms with E-state index in [4.69, 9.17) is 10.8 Å². The number of aliphatic hydroxyl groups is 1. The van der Waals surface area contributed by atoms with Crippen LogP contribution in [0, 0.1) is 6.92 Å². The molecular weight excluding hydrogens is 182 g/mol. The molecule has 0 bridgehead atoms. The SMILES string of the molecule is Cc1ccc([C@H](N)CCCCO)s1. The fourth-order valence-corrected chi connectivity index (χ4v) is 2.18. The topological polar surface area (TPSA) is 46.2 Å². The summed E-state index contributed by atoms with van der Waals surface area (Å²) in [4.78, 5) is 2.57. The molecule has 0 radical (unpaired) electrons. The third-order valence-electron chi connectivity index (χ3n) is 2.05. The number of hydrogen-bond acceptors (Lipinski definition) is 3. The van der Waals surface area contributed by atoms with Gasteiger partial charge in [0.1, 0.15) is 0 Å². The predicted octanol–water partition coefficient (Wildman–Crippen LogP) is 2.22. The number of aliphatic hydroxyl groups excluding tert-OH is 1. The lowest BCUT2D eigenvalue weighted by molar-refractivity contribution is 0.281. The first-order valence-electron chi connectivity index (χ1n) is 4.67. The van der Waals surface area contributed by atoms with Crippen molar-refractivity contribution in [1.82, 2.24) is 0 Å². The third-order valence-corrected chi connectivity index (χ3v) is 3.18.